The number of esters is 1. The maximum atomic E-state index is 13.9. The Bertz CT molecular complexity index is 1680. The molecule has 0 unspecified atom stereocenters. The molecule has 0 saturated heterocycles. The number of nitrogens with zero attached hydrogens (tertiary/aromatic N) is 2. The number of methoxy groups -OCH3 is 1. The first kappa shape index (κ1) is 28.5. The fourth-order valence-electron chi connectivity index (χ4n) is 5.10. The van der Waals surface area contributed by atoms with Crippen LogP contribution in [0.15, 0.2) is 64.2 Å². The Kier molecular flexibility index (Phi) is 8.32. The molecule has 9 nitrogen and oxygen atoms in total. The van der Waals surface area contributed by atoms with Crippen LogP contribution in [0.3, 0.4) is 0 Å². The molecule has 2 aromatic carbocycles. The average molecular weight is 547 g/mol. The topological polar surface area (TPSA) is 131 Å². The van der Waals surface area contributed by atoms with Crippen molar-refractivity contribution >= 4 is 16.9 Å². The number of pyridine rings is 2. The van der Waals surface area contributed by atoms with Crippen molar-refractivity contribution in [2.75, 3.05) is 7.11 Å². The standard InChI is InChI=1S/C31H34N2O7/c1-18(2)17-33-24-8-6-5-7-21(24)15-23(30(33)38)22(16-28(37)40-4)29-27(36)13-19(3)32(31(29)39)12-11-20-9-10-25(34)26(35)14-20/h5-10,13-15,18,22,34-36H,11-12,16-17H2,1-4H3/t22-/m1/s1. The number of fused-ring (bicyclic) bond motifs is 1. The fourth-order valence-corrected chi connectivity index (χ4v) is 5.10. The summed E-state index contributed by atoms with van der Waals surface area (Å²) in [5.74, 6) is -2.34. The van der Waals surface area contributed by atoms with E-state index in [2.05, 4.69) is 0 Å². The van der Waals surface area contributed by atoms with Gasteiger partial charge >= 0.3 is 5.97 Å². The summed E-state index contributed by atoms with van der Waals surface area (Å²) < 4.78 is 8.05. The van der Waals surface area contributed by atoms with Crippen molar-refractivity contribution in [3.05, 3.63) is 97.7 Å². The number of phenolic OH excluding ortho intramolecular Hbond substituents is 2. The molecule has 0 saturated carbocycles. The zero-order chi connectivity index (χ0) is 29.1. The molecule has 3 N–H and O–H groups in total. The molecular weight excluding hydrogens is 512 g/mol. The number of carbonyl (C=O) groups excluding carboxylic acids is 1. The molecule has 0 amide bonds. The summed E-state index contributed by atoms with van der Waals surface area (Å²) in [5.41, 5.74) is 1.20. The summed E-state index contributed by atoms with van der Waals surface area (Å²) in [6, 6.07) is 15.0. The average Bonchev–Trinajstić information content (AvgIpc) is 2.91. The molecule has 0 spiro atoms. The molecule has 210 valence electrons. The van der Waals surface area contributed by atoms with E-state index in [0.717, 1.165) is 10.9 Å². The van der Waals surface area contributed by atoms with Crippen molar-refractivity contribution in [1.29, 1.82) is 0 Å². The van der Waals surface area contributed by atoms with Gasteiger partial charge in [-0.2, -0.15) is 0 Å². The van der Waals surface area contributed by atoms with Crippen molar-refractivity contribution in [2.45, 2.75) is 52.6 Å². The van der Waals surface area contributed by atoms with E-state index in [4.69, 9.17) is 4.74 Å². The molecule has 0 bridgehead atoms. The van der Waals surface area contributed by atoms with E-state index < -0.39 is 17.4 Å². The van der Waals surface area contributed by atoms with Gasteiger partial charge in [0.2, 0.25) is 0 Å². The third kappa shape index (κ3) is 5.73. The number of rotatable bonds is 9. The van der Waals surface area contributed by atoms with Crippen LogP contribution in [-0.2, 0) is 29.0 Å². The first-order valence-electron chi connectivity index (χ1n) is 13.1. The Labute approximate surface area is 231 Å². The molecule has 0 radical (unpaired) electrons. The molecule has 4 aromatic rings. The van der Waals surface area contributed by atoms with Gasteiger partial charge in [-0.3, -0.25) is 14.4 Å². The first-order chi connectivity index (χ1) is 19.0. The van der Waals surface area contributed by atoms with E-state index >= 15 is 0 Å². The number of hydrogen-bond acceptors (Lipinski definition) is 7. The molecule has 0 aliphatic carbocycles. The van der Waals surface area contributed by atoms with Crippen molar-refractivity contribution < 1.29 is 24.9 Å². The summed E-state index contributed by atoms with van der Waals surface area (Å²) in [6.45, 7) is 6.31. The lowest BCUT2D eigenvalue weighted by Gasteiger charge is -2.22. The van der Waals surface area contributed by atoms with Crippen LogP contribution in [0.25, 0.3) is 10.9 Å². The third-order valence-electron chi connectivity index (χ3n) is 7.09. The maximum Gasteiger partial charge on any atom is 0.306 e. The van der Waals surface area contributed by atoms with Crippen molar-refractivity contribution in [2.24, 2.45) is 5.92 Å². The van der Waals surface area contributed by atoms with Crippen molar-refractivity contribution in [1.82, 2.24) is 9.13 Å². The van der Waals surface area contributed by atoms with E-state index in [1.165, 1.54) is 29.9 Å². The van der Waals surface area contributed by atoms with Crippen LogP contribution in [0.2, 0.25) is 0 Å². The normalized spacial score (nSPS) is 12.1. The minimum Gasteiger partial charge on any atom is -0.507 e. The summed E-state index contributed by atoms with van der Waals surface area (Å²) in [5, 5.41) is 31.3. The molecule has 9 heteroatoms. The van der Waals surface area contributed by atoms with Crippen LogP contribution in [-0.4, -0.2) is 37.5 Å². The Morgan fingerprint density at radius 1 is 0.900 bits per heavy atom. The Hall–Kier alpha value is -4.53. The van der Waals surface area contributed by atoms with Gasteiger partial charge in [0.25, 0.3) is 11.1 Å². The predicted molar refractivity (Wildman–Crippen MR) is 152 cm³/mol. The van der Waals surface area contributed by atoms with Crippen LogP contribution in [0, 0.1) is 12.8 Å². The van der Waals surface area contributed by atoms with Crippen molar-refractivity contribution in [3.8, 4) is 17.2 Å². The van der Waals surface area contributed by atoms with Gasteiger partial charge in [0.1, 0.15) is 5.75 Å². The molecule has 0 fully saturated rings. The molecule has 0 aliphatic heterocycles. The van der Waals surface area contributed by atoms with E-state index in [9.17, 15) is 29.7 Å². The largest absolute Gasteiger partial charge is 0.507 e. The van der Waals surface area contributed by atoms with Gasteiger partial charge in [-0.05, 0) is 60.5 Å². The van der Waals surface area contributed by atoms with E-state index in [-0.39, 0.29) is 52.8 Å². The van der Waals surface area contributed by atoms with Gasteiger partial charge < -0.3 is 29.2 Å². The summed E-state index contributed by atoms with van der Waals surface area (Å²) in [7, 11) is 1.23. The minimum atomic E-state index is -1.06. The highest BCUT2D eigenvalue weighted by Crippen LogP contribution is 2.33. The third-order valence-corrected chi connectivity index (χ3v) is 7.09. The molecule has 2 aromatic heterocycles. The highest BCUT2D eigenvalue weighted by atomic mass is 16.5. The summed E-state index contributed by atoms with van der Waals surface area (Å²) in [6.07, 6.45) is 0.0289. The monoisotopic (exact) mass is 546 g/mol. The van der Waals surface area contributed by atoms with E-state index in [1.54, 1.807) is 23.6 Å². The molecule has 40 heavy (non-hydrogen) atoms. The highest BCUT2D eigenvalue weighted by Gasteiger charge is 2.30. The van der Waals surface area contributed by atoms with Crippen LogP contribution in [0.5, 0.6) is 17.2 Å². The van der Waals surface area contributed by atoms with Crippen LogP contribution in [0.1, 0.15) is 48.6 Å². The SMILES string of the molecule is COC(=O)C[C@@H](c1c(O)cc(C)n(CCc2ccc(O)c(O)c2)c1=O)c1cc2ccccc2n(CC(C)C)c1=O. The van der Waals surface area contributed by atoms with Gasteiger partial charge in [0.05, 0.1) is 24.6 Å². The summed E-state index contributed by atoms with van der Waals surface area (Å²) in [4.78, 5) is 40.4. The zero-order valence-corrected chi connectivity index (χ0v) is 23.0. The Morgan fingerprint density at radius 3 is 2.30 bits per heavy atom. The first-order valence-corrected chi connectivity index (χ1v) is 13.1. The number of aryl methyl sites for hydroxylation is 2. The van der Waals surface area contributed by atoms with Gasteiger partial charge in [-0.25, -0.2) is 0 Å². The maximum absolute atomic E-state index is 13.9. The van der Waals surface area contributed by atoms with E-state index in [1.807, 2.05) is 38.1 Å². The molecule has 0 aliphatic rings. The molecule has 2 heterocycles. The Morgan fingerprint density at radius 2 is 1.62 bits per heavy atom. The van der Waals surface area contributed by atoms with Crippen LogP contribution >= 0.6 is 0 Å². The van der Waals surface area contributed by atoms with Gasteiger partial charge in [0, 0.05) is 30.3 Å². The molecular formula is C31H34N2O7. The lowest BCUT2D eigenvalue weighted by molar-refractivity contribution is -0.140. The van der Waals surface area contributed by atoms with Crippen molar-refractivity contribution in [3.63, 3.8) is 0 Å². The number of aromatic hydroxyl groups is 3. The zero-order valence-electron chi connectivity index (χ0n) is 23.0. The highest BCUT2D eigenvalue weighted by molar-refractivity contribution is 5.80. The lowest BCUT2D eigenvalue weighted by atomic mass is 9.88. The number of phenols is 2. The number of aromatic nitrogens is 2. The molecule has 1 atom stereocenters. The number of para-hydroxylation sites is 1. The minimum absolute atomic E-state index is 0.0620. The second kappa shape index (κ2) is 11.7. The Balaban J connectivity index is 1.89. The lowest BCUT2D eigenvalue weighted by Crippen LogP contribution is -2.33. The van der Waals surface area contributed by atoms with Gasteiger partial charge in [-0.15, -0.1) is 0 Å². The van der Waals surface area contributed by atoms with E-state index in [0.29, 0.717) is 24.2 Å². The summed E-state index contributed by atoms with van der Waals surface area (Å²) >= 11 is 0. The van der Waals surface area contributed by atoms with Crippen LogP contribution < -0.4 is 11.1 Å². The second-order valence-electron chi connectivity index (χ2n) is 10.4. The smallest absolute Gasteiger partial charge is 0.306 e. The number of ether oxygens (including phenoxy) is 1. The van der Waals surface area contributed by atoms with Gasteiger partial charge in [-0.1, -0.05) is 38.1 Å². The number of carbonyl (C=O) groups is 1. The quantitative estimate of drug-likeness (QED) is 0.212. The van der Waals surface area contributed by atoms with Crippen LogP contribution in [0.4, 0.5) is 0 Å². The molecule has 4 rings (SSSR count). The predicted octanol–water partition coefficient (Wildman–Crippen LogP) is 4.18. The van der Waals surface area contributed by atoms with Gasteiger partial charge in [0.15, 0.2) is 11.5 Å². The second-order valence-corrected chi connectivity index (χ2v) is 10.4. The number of hydrogen-bond donors (Lipinski definition) is 3. The fraction of sp³-hybridized carbons (Fsp3) is 0.323. The number of benzene rings is 2.